The van der Waals surface area contributed by atoms with Gasteiger partial charge < -0.3 is 10.6 Å². The maximum absolute atomic E-state index is 13.2. The van der Waals surface area contributed by atoms with Gasteiger partial charge in [0.2, 0.25) is 0 Å². The quantitative estimate of drug-likeness (QED) is 0.661. The van der Waals surface area contributed by atoms with E-state index in [0.29, 0.717) is 11.3 Å². The van der Waals surface area contributed by atoms with Gasteiger partial charge in [0.15, 0.2) is 0 Å². The summed E-state index contributed by atoms with van der Waals surface area (Å²) in [4.78, 5) is 24.5. The van der Waals surface area contributed by atoms with Crippen LogP contribution < -0.4 is 10.6 Å². The van der Waals surface area contributed by atoms with Gasteiger partial charge in [-0.2, -0.15) is 0 Å². The lowest BCUT2D eigenvalue weighted by Crippen LogP contribution is -2.38. The zero-order valence-electron chi connectivity index (χ0n) is 15.5. The Bertz CT molecular complexity index is 919. The average molecular weight is 376 g/mol. The van der Waals surface area contributed by atoms with Crippen LogP contribution in [-0.4, -0.2) is 18.4 Å². The number of amides is 2. The highest BCUT2D eigenvalue weighted by Gasteiger charge is 2.19. The Hall–Kier alpha value is -3.47. The van der Waals surface area contributed by atoms with Crippen molar-refractivity contribution in [1.82, 2.24) is 5.32 Å². The Morgan fingerprint density at radius 1 is 0.857 bits per heavy atom. The third kappa shape index (κ3) is 4.82. The number of benzene rings is 3. The van der Waals surface area contributed by atoms with E-state index in [4.69, 9.17) is 0 Å². The molecule has 0 aliphatic heterocycles. The van der Waals surface area contributed by atoms with E-state index in [9.17, 15) is 14.0 Å². The molecule has 0 aromatic heterocycles. The number of carbonyl (C=O) groups excluding carboxylic acids is 2. The van der Waals surface area contributed by atoms with Crippen molar-refractivity contribution in [3.05, 3.63) is 101 Å². The van der Waals surface area contributed by atoms with Crippen molar-refractivity contribution in [3.63, 3.8) is 0 Å². The molecule has 0 atom stereocenters. The van der Waals surface area contributed by atoms with Crippen LogP contribution in [0, 0.1) is 12.7 Å². The smallest absolute Gasteiger partial charge is 0.313 e. The van der Waals surface area contributed by atoms with Crippen LogP contribution in [0.5, 0.6) is 0 Å². The first-order chi connectivity index (χ1) is 13.5. The summed E-state index contributed by atoms with van der Waals surface area (Å²) < 4.78 is 13.2. The Kier molecular flexibility index (Phi) is 6.17. The Balaban J connectivity index is 1.69. The summed E-state index contributed by atoms with van der Waals surface area (Å²) in [5.41, 5.74) is 3.05. The standard InChI is InChI=1S/C23H21FN2O2/c1-16-14-19(24)12-13-21(16)26-23(28)22(27)25-15-20(17-8-4-2-5-9-17)18-10-6-3-7-11-18/h2-14,20H,15H2,1H3,(H,25,27)(H,26,28). The molecule has 0 fully saturated rings. The Morgan fingerprint density at radius 3 is 1.96 bits per heavy atom. The second-order valence-electron chi connectivity index (χ2n) is 6.50. The van der Waals surface area contributed by atoms with Crippen molar-refractivity contribution >= 4 is 17.5 Å². The monoisotopic (exact) mass is 376 g/mol. The van der Waals surface area contributed by atoms with E-state index in [1.807, 2.05) is 60.7 Å². The second kappa shape index (κ2) is 8.95. The predicted octanol–water partition coefficient (Wildman–Crippen LogP) is 4.02. The second-order valence-corrected chi connectivity index (χ2v) is 6.50. The minimum Gasteiger partial charge on any atom is -0.347 e. The van der Waals surface area contributed by atoms with Gasteiger partial charge in [0.25, 0.3) is 0 Å². The van der Waals surface area contributed by atoms with E-state index in [1.54, 1.807) is 6.92 Å². The molecular formula is C23H21FN2O2. The number of carbonyl (C=O) groups is 2. The molecule has 2 N–H and O–H groups in total. The van der Waals surface area contributed by atoms with Crippen LogP contribution in [0.2, 0.25) is 0 Å². The minimum atomic E-state index is -0.783. The highest BCUT2D eigenvalue weighted by atomic mass is 19.1. The van der Waals surface area contributed by atoms with Crippen molar-refractivity contribution in [2.24, 2.45) is 0 Å². The zero-order valence-corrected chi connectivity index (χ0v) is 15.5. The number of hydrogen-bond donors (Lipinski definition) is 2. The number of nitrogens with one attached hydrogen (secondary N) is 2. The number of halogens is 1. The average Bonchev–Trinajstić information content (AvgIpc) is 2.71. The van der Waals surface area contributed by atoms with E-state index in [2.05, 4.69) is 10.6 Å². The fourth-order valence-corrected chi connectivity index (χ4v) is 3.02. The molecule has 3 aromatic carbocycles. The molecule has 3 rings (SSSR count). The summed E-state index contributed by atoms with van der Waals surface area (Å²) in [6, 6.07) is 23.6. The molecule has 0 spiro atoms. The lowest BCUT2D eigenvalue weighted by molar-refractivity contribution is -0.136. The molecule has 28 heavy (non-hydrogen) atoms. The summed E-state index contributed by atoms with van der Waals surface area (Å²) >= 11 is 0. The predicted molar refractivity (Wildman–Crippen MR) is 108 cm³/mol. The highest BCUT2D eigenvalue weighted by molar-refractivity contribution is 6.39. The topological polar surface area (TPSA) is 58.2 Å². The third-order valence-electron chi connectivity index (χ3n) is 4.51. The van der Waals surface area contributed by atoms with Crippen LogP contribution in [0.15, 0.2) is 78.9 Å². The number of hydrogen-bond acceptors (Lipinski definition) is 2. The molecule has 0 aliphatic rings. The van der Waals surface area contributed by atoms with Crippen LogP contribution in [0.25, 0.3) is 0 Å². The first kappa shape index (κ1) is 19.3. The van der Waals surface area contributed by atoms with Gasteiger partial charge in [0.05, 0.1) is 0 Å². The fourth-order valence-electron chi connectivity index (χ4n) is 3.02. The Labute approximate surface area is 163 Å². The van der Waals surface area contributed by atoms with Crippen LogP contribution in [0.4, 0.5) is 10.1 Å². The molecule has 142 valence electrons. The number of anilines is 1. The molecule has 0 unspecified atom stereocenters. The molecule has 0 bridgehead atoms. The Morgan fingerprint density at radius 2 is 1.43 bits per heavy atom. The molecule has 0 radical (unpaired) electrons. The van der Waals surface area contributed by atoms with Gasteiger partial charge >= 0.3 is 11.8 Å². The van der Waals surface area contributed by atoms with Gasteiger partial charge in [-0.3, -0.25) is 9.59 Å². The van der Waals surface area contributed by atoms with Crippen LogP contribution >= 0.6 is 0 Å². The van der Waals surface area contributed by atoms with Crippen molar-refractivity contribution < 1.29 is 14.0 Å². The minimum absolute atomic E-state index is 0.0771. The molecule has 5 heteroatoms. The summed E-state index contributed by atoms with van der Waals surface area (Å²) in [6.07, 6.45) is 0. The van der Waals surface area contributed by atoms with Gasteiger partial charge in [-0.15, -0.1) is 0 Å². The molecule has 4 nitrogen and oxygen atoms in total. The molecule has 3 aromatic rings. The third-order valence-corrected chi connectivity index (χ3v) is 4.51. The lowest BCUT2D eigenvalue weighted by atomic mass is 9.91. The SMILES string of the molecule is Cc1cc(F)ccc1NC(=O)C(=O)NCC(c1ccccc1)c1ccccc1. The fraction of sp³-hybridized carbons (Fsp3) is 0.130. The summed E-state index contributed by atoms with van der Waals surface area (Å²) in [5.74, 6) is -1.99. The molecule has 2 amide bonds. The van der Waals surface area contributed by atoms with E-state index in [1.165, 1.54) is 18.2 Å². The van der Waals surface area contributed by atoms with Crippen molar-refractivity contribution in [2.45, 2.75) is 12.8 Å². The molecular weight excluding hydrogens is 355 g/mol. The van der Waals surface area contributed by atoms with E-state index in [0.717, 1.165) is 11.1 Å². The van der Waals surface area contributed by atoms with E-state index < -0.39 is 17.6 Å². The molecule has 0 saturated carbocycles. The summed E-state index contributed by atoms with van der Waals surface area (Å²) in [7, 11) is 0. The van der Waals surface area contributed by atoms with E-state index in [-0.39, 0.29) is 12.5 Å². The van der Waals surface area contributed by atoms with Gasteiger partial charge in [-0.05, 0) is 41.8 Å². The van der Waals surface area contributed by atoms with Crippen LogP contribution in [0.3, 0.4) is 0 Å². The van der Waals surface area contributed by atoms with Crippen LogP contribution in [0.1, 0.15) is 22.6 Å². The van der Waals surface area contributed by atoms with Gasteiger partial charge in [0, 0.05) is 18.2 Å². The number of rotatable bonds is 5. The first-order valence-corrected chi connectivity index (χ1v) is 9.00. The highest BCUT2D eigenvalue weighted by Crippen LogP contribution is 2.23. The van der Waals surface area contributed by atoms with Gasteiger partial charge in [-0.25, -0.2) is 4.39 Å². The lowest BCUT2D eigenvalue weighted by Gasteiger charge is -2.19. The van der Waals surface area contributed by atoms with E-state index >= 15 is 0 Å². The molecule has 0 saturated heterocycles. The van der Waals surface area contributed by atoms with Crippen molar-refractivity contribution in [2.75, 3.05) is 11.9 Å². The molecule has 0 aliphatic carbocycles. The van der Waals surface area contributed by atoms with Crippen molar-refractivity contribution in [3.8, 4) is 0 Å². The number of aryl methyl sites for hydroxylation is 1. The zero-order chi connectivity index (χ0) is 19.9. The summed E-state index contributed by atoms with van der Waals surface area (Å²) in [5, 5.41) is 5.23. The first-order valence-electron chi connectivity index (χ1n) is 9.00. The van der Waals surface area contributed by atoms with Crippen LogP contribution in [-0.2, 0) is 9.59 Å². The molecule has 0 heterocycles. The normalized spacial score (nSPS) is 10.5. The summed E-state index contributed by atoms with van der Waals surface area (Å²) in [6.45, 7) is 1.94. The maximum atomic E-state index is 13.2. The van der Waals surface area contributed by atoms with Crippen molar-refractivity contribution in [1.29, 1.82) is 0 Å². The van der Waals surface area contributed by atoms with Gasteiger partial charge in [-0.1, -0.05) is 60.7 Å². The maximum Gasteiger partial charge on any atom is 0.313 e. The van der Waals surface area contributed by atoms with Gasteiger partial charge in [0.1, 0.15) is 5.82 Å². The largest absolute Gasteiger partial charge is 0.347 e.